The van der Waals surface area contributed by atoms with Crippen LogP contribution in [0.15, 0.2) is 0 Å². The fourth-order valence-electron chi connectivity index (χ4n) is 1.03. The highest BCUT2D eigenvalue weighted by Crippen LogP contribution is 2.34. The van der Waals surface area contributed by atoms with Gasteiger partial charge in [0.25, 0.3) is 5.92 Å². The second kappa shape index (κ2) is 2.55. The van der Waals surface area contributed by atoms with E-state index in [1.165, 1.54) is 0 Å². The van der Waals surface area contributed by atoms with Gasteiger partial charge in [0.15, 0.2) is 0 Å². The number of hydrogen-bond acceptors (Lipinski definition) is 1. The molecule has 0 aromatic rings. The first kappa shape index (κ1) is 9.70. The van der Waals surface area contributed by atoms with Crippen molar-refractivity contribution < 1.29 is 22.0 Å². The van der Waals surface area contributed by atoms with Gasteiger partial charge in [-0.25, -0.2) is 8.78 Å². The fourth-order valence-corrected chi connectivity index (χ4v) is 1.03. The van der Waals surface area contributed by atoms with Crippen LogP contribution in [0.25, 0.3) is 0 Å². The van der Waals surface area contributed by atoms with Gasteiger partial charge in [0.1, 0.15) is 6.04 Å². The molecule has 0 saturated carbocycles. The highest BCUT2D eigenvalue weighted by Gasteiger charge is 2.52. The van der Waals surface area contributed by atoms with Crippen molar-refractivity contribution in [2.75, 3.05) is 13.1 Å². The molecule has 1 heterocycles. The third-order valence-electron chi connectivity index (χ3n) is 1.89. The SMILES string of the molecule is CC(N1CC(F)(F)C1)C(F)(F)F. The molecular weight excluding hydrogens is 181 g/mol. The summed E-state index contributed by atoms with van der Waals surface area (Å²) in [4.78, 5) is 0.708. The normalized spacial score (nSPS) is 26.5. The lowest BCUT2D eigenvalue weighted by atomic mass is 10.1. The number of rotatable bonds is 1. The number of halogens is 5. The Bertz CT molecular complexity index is 167. The molecule has 0 spiro atoms. The summed E-state index contributed by atoms with van der Waals surface area (Å²) in [7, 11) is 0. The molecule has 1 rings (SSSR count). The van der Waals surface area contributed by atoms with Gasteiger partial charge in [-0.3, -0.25) is 4.90 Å². The first-order chi connectivity index (χ1) is 5.22. The zero-order valence-corrected chi connectivity index (χ0v) is 6.33. The molecule has 0 aliphatic carbocycles. The van der Waals surface area contributed by atoms with Crippen LogP contribution in [0, 0.1) is 0 Å². The Labute approximate surface area is 66.1 Å². The molecule has 0 aromatic heterocycles. The van der Waals surface area contributed by atoms with Gasteiger partial charge in [-0.15, -0.1) is 0 Å². The van der Waals surface area contributed by atoms with Gasteiger partial charge in [-0.1, -0.05) is 0 Å². The van der Waals surface area contributed by atoms with Crippen molar-refractivity contribution in [2.24, 2.45) is 0 Å². The standard InChI is InChI=1S/C6H8F5N/c1-4(6(9,10)11)12-2-5(7,8)3-12/h4H,2-3H2,1H3. The van der Waals surface area contributed by atoms with Gasteiger partial charge in [-0.2, -0.15) is 13.2 Å². The van der Waals surface area contributed by atoms with Crippen LogP contribution in [0.1, 0.15) is 6.92 Å². The van der Waals surface area contributed by atoms with Gasteiger partial charge >= 0.3 is 6.18 Å². The topological polar surface area (TPSA) is 3.24 Å². The first-order valence-corrected chi connectivity index (χ1v) is 3.41. The Morgan fingerprint density at radius 1 is 1.25 bits per heavy atom. The predicted molar refractivity (Wildman–Crippen MR) is 32.0 cm³/mol. The van der Waals surface area contributed by atoms with Crippen LogP contribution in [-0.4, -0.2) is 36.1 Å². The van der Waals surface area contributed by atoms with Gasteiger partial charge < -0.3 is 0 Å². The van der Waals surface area contributed by atoms with Crippen molar-refractivity contribution in [1.82, 2.24) is 4.90 Å². The Morgan fingerprint density at radius 3 is 1.92 bits per heavy atom. The first-order valence-electron chi connectivity index (χ1n) is 3.41. The van der Waals surface area contributed by atoms with Crippen molar-refractivity contribution in [2.45, 2.75) is 25.1 Å². The van der Waals surface area contributed by atoms with E-state index >= 15 is 0 Å². The second-order valence-corrected chi connectivity index (χ2v) is 2.98. The van der Waals surface area contributed by atoms with E-state index in [-0.39, 0.29) is 0 Å². The molecular formula is C6H8F5N. The predicted octanol–water partition coefficient (Wildman–Crippen LogP) is 1.89. The van der Waals surface area contributed by atoms with Crippen LogP contribution < -0.4 is 0 Å². The summed E-state index contributed by atoms with van der Waals surface area (Å²) < 4.78 is 59.9. The van der Waals surface area contributed by atoms with E-state index in [0.717, 1.165) is 6.92 Å². The van der Waals surface area contributed by atoms with Gasteiger partial charge in [-0.05, 0) is 6.92 Å². The van der Waals surface area contributed by atoms with E-state index in [4.69, 9.17) is 0 Å². The molecule has 1 saturated heterocycles. The molecule has 1 atom stereocenters. The third kappa shape index (κ3) is 1.85. The summed E-state index contributed by atoms with van der Waals surface area (Å²) in [5.74, 6) is -2.93. The Balaban J connectivity index is 2.43. The lowest BCUT2D eigenvalue weighted by Crippen LogP contribution is -2.62. The van der Waals surface area contributed by atoms with E-state index in [2.05, 4.69) is 0 Å². The minimum Gasteiger partial charge on any atom is -0.280 e. The average molecular weight is 189 g/mol. The summed E-state index contributed by atoms with van der Waals surface area (Å²) >= 11 is 0. The molecule has 0 bridgehead atoms. The molecule has 0 radical (unpaired) electrons. The molecule has 0 N–H and O–H groups in total. The number of likely N-dealkylation sites (tertiary alicyclic amines) is 1. The van der Waals surface area contributed by atoms with Crippen molar-refractivity contribution in [3.63, 3.8) is 0 Å². The quantitative estimate of drug-likeness (QED) is 0.569. The van der Waals surface area contributed by atoms with Crippen molar-refractivity contribution in [1.29, 1.82) is 0 Å². The van der Waals surface area contributed by atoms with Gasteiger partial charge in [0, 0.05) is 0 Å². The van der Waals surface area contributed by atoms with Crippen LogP contribution in [-0.2, 0) is 0 Å². The Kier molecular flexibility index (Phi) is 2.06. The summed E-state index contributed by atoms with van der Waals surface area (Å²) in [5, 5.41) is 0. The van der Waals surface area contributed by atoms with E-state index in [1.807, 2.05) is 0 Å². The lowest BCUT2D eigenvalue weighted by Gasteiger charge is -2.42. The minimum absolute atomic E-state index is 0.708. The average Bonchev–Trinajstić information content (AvgIpc) is 1.78. The van der Waals surface area contributed by atoms with E-state index in [1.54, 1.807) is 0 Å². The molecule has 72 valence electrons. The monoisotopic (exact) mass is 189 g/mol. The van der Waals surface area contributed by atoms with Crippen LogP contribution in [0.2, 0.25) is 0 Å². The van der Waals surface area contributed by atoms with Crippen molar-refractivity contribution in [3.05, 3.63) is 0 Å². The molecule has 1 nitrogen and oxygen atoms in total. The maximum atomic E-state index is 12.1. The van der Waals surface area contributed by atoms with E-state index in [9.17, 15) is 22.0 Å². The molecule has 1 aliphatic heterocycles. The summed E-state index contributed by atoms with van der Waals surface area (Å²) in [6.45, 7) is -0.684. The number of alkyl halides is 5. The third-order valence-corrected chi connectivity index (χ3v) is 1.89. The van der Waals surface area contributed by atoms with Gasteiger partial charge in [0.05, 0.1) is 13.1 Å². The lowest BCUT2D eigenvalue weighted by molar-refractivity contribution is -0.228. The molecule has 1 unspecified atom stereocenters. The molecule has 1 fully saturated rings. The minimum atomic E-state index is -4.41. The zero-order valence-electron chi connectivity index (χ0n) is 6.33. The highest BCUT2D eigenvalue weighted by molar-refractivity contribution is 4.92. The fraction of sp³-hybridized carbons (Fsp3) is 1.00. The maximum absolute atomic E-state index is 12.1. The van der Waals surface area contributed by atoms with Crippen LogP contribution in [0.4, 0.5) is 22.0 Å². The summed E-state index contributed by atoms with van der Waals surface area (Å²) in [5.41, 5.74) is 0. The largest absolute Gasteiger partial charge is 0.403 e. The molecule has 6 heteroatoms. The van der Waals surface area contributed by atoms with Crippen LogP contribution in [0.3, 0.4) is 0 Å². The van der Waals surface area contributed by atoms with Gasteiger partial charge in [0.2, 0.25) is 0 Å². The second-order valence-electron chi connectivity index (χ2n) is 2.98. The number of hydrogen-bond donors (Lipinski definition) is 0. The molecule has 12 heavy (non-hydrogen) atoms. The summed E-state index contributed by atoms with van der Waals surface area (Å²) in [6, 6.07) is -1.77. The maximum Gasteiger partial charge on any atom is 0.403 e. The Hall–Kier alpha value is -0.390. The molecule has 0 aromatic carbocycles. The zero-order chi connectivity index (χ0) is 9.57. The van der Waals surface area contributed by atoms with Crippen molar-refractivity contribution >= 4 is 0 Å². The summed E-state index contributed by atoms with van der Waals surface area (Å²) in [6.07, 6.45) is -4.41. The van der Waals surface area contributed by atoms with E-state index < -0.39 is 31.2 Å². The Morgan fingerprint density at radius 2 is 1.67 bits per heavy atom. The smallest absolute Gasteiger partial charge is 0.280 e. The van der Waals surface area contributed by atoms with E-state index in [0.29, 0.717) is 4.90 Å². The molecule has 1 aliphatic rings. The van der Waals surface area contributed by atoms with Crippen LogP contribution in [0.5, 0.6) is 0 Å². The van der Waals surface area contributed by atoms with Crippen LogP contribution >= 0.6 is 0 Å². The van der Waals surface area contributed by atoms with Crippen molar-refractivity contribution in [3.8, 4) is 0 Å². The highest BCUT2D eigenvalue weighted by atomic mass is 19.4. The number of nitrogens with zero attached hydrogens (tertiary/aromatic N) is 1. The molecule has 0 amide bonds.